The van der Waals surface area contributed by atoms with E-state index < -0.39 is 29.7 Å². The van der Waals surface area contributed by atoms with Crippen molar-refractivity contribution in [3.8, 4) is 0 Å². The quantitative estimate of drug-likeness (QED) is 0.620. The number of aliphatic hydroxyl groups is 2. The fourth-order valence-electron chi connectivity index (χ4n) is 2.84. The highest BCUT2D eigenvalue weighted by molar-refractivity contribution is 5.73. The summed E-state index contributed by atoms with van der Waals surface area (Å²) in [6.07, 6.45) is 1.97. The van der Waals surface area contributed by atoms with E-state index in [2.05, 4.69) is 0 Å². The van der Waals surface area contributed by atoms with Crippen LogP contribution in [0.2, 0.25) is 0 Å². The van der Waals surface area contributed by atoms with Crippen LogP contribution in [0.5, 0.6) is 0 Å². The highest BCUT2D eigenvalue weighted by atomic mass is 16.6. The Kier molecular flexibility index (Phi) is 7.56. The number of hydrogen-bond acceptors (Lipinski definition) is 6. The predicted molar refractivity (Wildman–Crippen MR) is 99.8 cm³/mol. The van der Waals surface area contributed by atoms with Gasteiger partial charge >= 0.3 is 11.9 Å². The number of hydrogen-bond donors (Lipinski definition) is 2. The SMILES string of the molecule is CC1/C=C/C(OC(=O)Cc2ccccc2)C(C)(O)CCC(O)CC(=O)OC1. The molecule has 4 unspecified atom stereocenters. The maximum Gasteiger partial charge on any atom is 0.310 e. The van der Waals surface area contributed by atoms with Gasteiger partial charge < -0.3 is 19.7 Å². The molecule has 1 heterocycles. The van der Waals surface area contributed by atoms with E-state index in [0.29, 0.717) is 0 Å². The zero-order chi connectivity index (χ0) is 19.9. The third-order valence-corrected chi connectivity index (χ3v) is 4.57. The molecular weight excluding hydrogens is 348 g/mol. The summed E-state index contributed by atoms with van der Waals surface area (Å²) in [6, 6.07) is 9.23. The van der Waals surface area contributed by atoms with Gasteiger partial charge in [0.1, 0.15) is 11.7 Å². The van der Waals surface area contributed by atoms with Crippen LogP contribution in [0.3, 0.4) is 0 Å². The van der Waals surface area contributed by atoms with Crippen LogP contribution < -0.4 is 0 Å². The standard InChI is InChI=1S/C21H28O6/c1-15-8-9-18(27-20(24)12-16-6-4-3-5-7-16)21(2,25)11-10-17(22)13-19(23)26-14-15/h3-9,15,17-18,22,25H,10-14H2,1-2H3/b9-8+. The molecule has 1 aliphatic heterocycles. The molecule has 0 spiro atoms. The fraction of sp³-hybridized carbons (Fsp3) is 0.524. The monoisotopic (exact) mass is 376 g/mol. The molecule has 2 N–H and O–H groups in total. The molecule has 0 aliphatic carbocycles. The smallest absolute Gasteiger partial charge is 0.310 e. The van der Waals surface area contributed by atoms with Gasteiger partial charge in [0.15, 0.2) is 0 Å². The molecule has 0 amide bonds. The molecule has 148 valence electrons. The summed E-state index contributed by atoms with van der Waals surface area (Å²) in [7, 11) is 0. The van der Waals surface area contributed by atoms with E-state index in [1.54, 1.807) is 19.1 Å². The summed E-state index contributed by atoms with van der Waals surface area (Å²) in [5.74, 6) is -1.02. The molecule has 0 bridgehead atoms. The van der Waals surface area contributed by atoms with Gasteiger partial charge in [0.05, 0.1) is 25.6 Å². The molecule has 1 aliphatic rings. The predicted octanol–water partition coefficient (Wildman–Crippen LogP) is 2.17. The molecule has 27 heavy (non-hydrogen) atoms. The van der Waals surface area contributed by atoms with Crippen molar-refractivity contribution in [2.24, 2.45) is 5.92 Å². The lowest BCUT2D eigenvalue weighted by atomic mass is 9.90. The van der Waals surface area contributed by atoms with Crippen molar-refractivity contribution in [2.75, 3.05) is 6.61 Å². The largest absolute Gasteiger partial charge is 0.465 e. The Morgan fingerprint density at radius 1 is 1.30 bits per heavy atom. The van der Waals surface area contributed by atoms with Gasteiger partial charge in [-0.2, -0.15) is 0 Å². The molecule has 0 radical (unpaired) electrons. The average molecular weight is 376 g/mol. The van der Waals surface area contributed by atoms with Crippen LogP contribution in [0.1, 0.15) is 38.7 Å². The number of benzene rings is 1. The number of ether oxygens (including phenoxy) is 2. The Bertz CT molecular complexity index is 652. The normalized spacial score (nSPS) is 31.1. The molecule has 2 rings (SSSR count). The van der Waals surface area contributed by atoms with Gasteiger partial charge in [-0.15, -0.1) is 0 Å². The summed E-state index contributed by atoms with van der Waals surface area (Å²) in [6.45, 7) is 3.58. The van der Waals surface area contributed by atoms with E-state index in [1.807, 2.05) is 37.3 Å². The summed E-state index contributed by atoms with van der Waals surface area (Å²) in [5, 5.41) is 20.8. The van der Waals surface area contributed by atoms with Crippen LogP contribution in [-0.2, 0) is 25.5 Å². The van der Waals surface area contributed by atoms with Crippen molar-refractivity contribution >= 4 is 11.9 Å². The molecule has 4 atom stereocenters. The van der Waals surface area contributed by atoms with Gasteiger partial charge in [0.2, 0.25) is 0 Å². The van der Waals surface area contributed by atoms with Crippen molar-refractivity contribution in [1.29, 1.82) is 0 Å². The summed E-state index contributed by atoms with van der Waals surface area (Å²) >= 11 is 0. The zero-order valence-corrected chi connectivity index (χ0v) is 15.8. The number of carbonyl (C=O) groups is 2. The lowest BCUT2D eigenvalue weighted by Gasteiger charge is -2.32. The number of cyclic esters (lactones) is 1. The lowest BCUT2D eigenvalue weighted by Crippen LogP contribution is -2.42. The molecule has 6 nitrogen and oxygen atoms in total. The second kappa shape index (κ2) is 9.67. The van der Waals surface area contributed by atoms with Gasteiger partial charge in [0.25, 0.3) is 0 Å². The zero-order valence-electron chi connectivity index (χ0n) is 15.8. The molecule has 0 fully saturated rings. The molecule has 0 saturated heterocycles. The molecular formula is C21H28O6. The van der Waals surface area contributed by atoms with Crippen molar-refractivity contribution in [2.45, 2.75) is 57.3 Å². The fourth-order valence-corrected chi connectivity index (χ4v) is 2.84. The van der Waals surface area contributed by atoms with Crippen LogP contribution in [0, 0.1) is 5.92 Å². The highest BCUT2D eigenvalue weighted by Gasteiger charge is 2.34. The number of rotatable bonds is 3. The molecule has 0 saturated carbocycles. The van der Waals surface area contributed by atoms with Crippen molar-refractivity contribution in [3.05, 3.63) is 48.0 Å². The van der Waals surface area contributed by atoms with Crippen LogP contribution in [0.25, 0.3) is 0 Å². The second-order valence-electron chi connectivity index (χ2n) is 7.37. The molecule has 1 aromatic carbocycles. The van der Waals surface area contributed by atoms with Crippen LogP contribution >= 0.6 is 0 Å². The second-order valence-corrected chi connectivity index (χ2v) is 7.37. The lowest BCUT2D eigenvalue weighted by molar-refractivity contribution is -0.158. The Balaban J connectivity index is 2.12. The van der Waals surface area contributed by atoms with Crippen molar-refractivity contribution in [1.82, 2.24) is 0 Å². The van der Waals surface area contributed by atoms with Gasteiger partial charge in [-0.1, -0.05) is 43.3 Å². The van der Waals surface area contributed by atoms with Crippen molar-refractivity contribution < 1.29 is 29.3 Å². The van der Waals surface area contributed by atoms with Gasteiger partial charge in [0, 0.05) is 5.92 Å². The van der Waals surface area contributed by atoms with E-state index >= 15 is 0 Å². The Morgan fingerprint density at radius 2 is 2.00 bits per heavy atom. The third kappa shape index (κ3) is 7.15. The van der Waals surface area contributed by atoms with E-state index in [-0.39, 0.29) is 38.2 Å². The van der Waals surface area contributed by atoms with E-state index in [1.165, 1.54) is 0 Å². The van der Waals surface area contributed by atoms with Crippen LogP contribution in [0.4, 0.5) is 0 Å². The highest BCUT2D eigenvalue weighted by Crippen LogP contribution is 2.24. The minimum absolute atomic E-state index is 0.108. The first-order chi connectivity index (χ1) is 12.8. The van der Waals surface area contributed by atoms with E-state index in [0.717, 1.165) is 5.56 Å². The van der Waals surface area contributed by atoms with Gasteiger partial charge in [-0.25, -0.2) is 0 Å². The van der Waals surface area contributed by atoms with E-state index in [9.17, 15) is 19.8 Å². The topological polar surface area (TPSA) is 93.1 Å². The molecule has 6 heteroatoms. The Morgan fingerprint density at radius 3 is 2.70 bits per heavy atom. The minimum atomic E-state index is -1.37. The van der Waals surface area contributed by atoms with E-state index in [4.69, 9.17) is 9.47 Å². The maximum atomic E-state index is 12.3. The van der Waals surface area contributed by atoms with Crippen LogP contribution in [-0.4, -0.2) is 46.6 Å². The first-order valence-electron chi connectivity index (χ1n) is 9.24. The van der Waals surface area contributed by atoms with Gasteiger partial charge in [-0.05, 0) is 31.4 Å². The first-order valence-corrected chi connectivity index (χ1v) is 9.24. The first kappa shape index (κ1) is 21.1. The van der Waals surface area contributed by atoms with Gasteiger partial charge in [-0.3, -0.25) is 9.59 Å². The molecule has 0 aromatic heterocycles. The number of esters is 2. The summed E-state index contributed by atoms with van der Waals surface area (Å²) in [4.78, 5) is 24.0. The Hall–Kier alpha value is -2.18. The third-order valence-electron chi connectivity index (χ3n) is 4.57. The average Bonchev–Trinajstić information content (AvgIpc) is 2.62. The van der Waals surface area contributed by atoms with Crippen LogP contribution in [0.15, 0.2) is 42.5 Å². The maximum absolute atomic E-state index is 12.3. The minimum Gasteiger partial charge on any atom is -0.465 e. The number of carbonyl (C=O) groups excluding carboxylic acids is 2. The number of aliphatic hydroxyl groups excluding tert-OH is 1. The summed E-state index contributed by atoms with van der Waals surface area (Å²) in [5.41, 5.74) is -0.540. The summed E-state index contributed by atoms with van der Waals surface area (Å²) < 4.78 is 10.7. The van der Waals surface area contributed by atoms with Crippen molar-refractivity contribution in [3.63, 3.8) is 0 Å². The Labute approximate surface area is 159 Å². The molecule has 1 aromatic rings.